The maximum Gasteiger partial charge on any atom is 0.573 e. The van der Waals surface area contributed by atoms with Crippen LogP contribution < -0.4 is 10.1 Å². The van der Waals surface area contributed by atoms with Crippen molar-refractivity contribution in [3.8, 4) is 17.1 Å². The molecule has 0 bridgehead atoms. The van der Waals surface area contributed by atoms with Gasteiger partial charge in [0, 0.05) is 6.54 Å². The highest BCUT2D eigenvalue weighted by atomic mass is 19.4. The van der Waals surface area contributed by atoms with Crippen LogP contribution >= 0.6 is 0 Å². The van der Waals surface area contributed by atoms with Gasteiger partial charge in [-0.15, -0.1) is 13.2 Å². The quantitative estimate of drug-likeness (QED) is 0.750. The summed E-state index contributed by atoms with van der Waals surface area (Å²) in [4.78, 5) is 23.1. The van der Waals surface area contributed by atoms with Crippen LogP contribution in [0.25, 0.3) is 11.3 Å². The van der Waals surface area contributed by atoms with Crippen molar-refractivity contribution in [2.75, 3.05) is 6.54 Å². The van der Waals surface area contributed by atoms with Crippen LogP contribution in [0.4, 0.5) is 13.2 Å². The number of aliphatic carboxylic acids is 1. The van der Waals surface area contributed by atoms with E-state index in [9.17, 15) is 22.8 Å². The van der Waals surface area contributed by atoms with Crippen LogP contribution in [0, 0.1) is 5.41 Å². The molecule has 27 heavy (non-hydrogen) atoms. The van der Waals surface area contributed by atoms with Crippen LogP contribution in [0.1, 0.15) is 30.8 Å². The monoisotopic (exact) mass is 385 g/mol. The second-order valence-corrected chi connectivity index (χ2v) is 6.40. The highest BCUT2D eigenvalue weighted by Gasteiger charge is 2.32. The zero-order valence-electron chi connectivity index (χ0n) is 14.6. The molecular formula is C18H18F3NO5. The van der Waals surface area contributed by atoms with Gasteiger partial charge in [0.15, 0.2) is 5.76 Å². The Morgan fingerprint density at radius 1 is 1.15 bits per heavy atom. The van der Waals surface area contributed by atoms with Crippen molar-refractivity contribution in [1.29, 1.82) is 0 Å². The summed E-state index contributed by atoms with van der Waals surface area (Å²) in [5, 5.41) is 11.6. The van der Waals surface area contributed by atoms with Gasteiger partial charge in [0.1, 0.15) is 11.5 Å². The Morgan fingerprint density at radius 2 is 1.81 bits per heavy atom. The Labute approximate surface area is 152 Å². The molecule has 0 atom stereocenters. The highest BCUT2D eigenvalue weighted by Crippen LogP contribution is 2.34. The van der Waals surface area contributed by atoms with Crippen molar-refractivity contribution < 1.29 is 37.0 Å². The first-order valence-corrected chi connectivity index (χ1v) is 7.96. The zero-order valence-corrected chi connectivity index (χ0v) is 14.6. The normalized spacial score (nSPS) is 11.9. The van der Waals surface area contributed by atoms with E-state index >= 15 is 0 Å². The van der Waals surface area contributed by atoms with E-state index in [-0.39, 0.29) is 30.0 Å². The molecule has 0 fully saturated rings. The Bertz CT molecular complexity index is 826. The molecular weight excluding hydrogens is 367 g/mol. The van der Waals surface area contributed by atoms with Crippen molar-refractivity contribution in [2.45, 2.75) is 26.6 Å². The lowest BCUT2D eigenvalue weighted by atomic mass is 9.90. The number of amides is 1. The fourth-order valence-electron chi connectivity index (χ4n) is 2.17. The van der Waals surface area contributed by atoms with Gasteiger partial charge in [0.2, 0.25) is 0 Å². The first kappa shape index (κ1) is 20.3. The summed E-state index contributed by atoms with van der Waals surface area (Å²) < 4.78 is 46.8. The minimum absolute atomic E-state index is 0.0332. The fourth-order valence-corrected chi connectivity index (χ4v) is 2.17. The van der Waals surface area contributed by atoms with E-state index < -0.39 is 29.4 Å². The molecule has 0 saturated carbocycles. The number of carboxylic acid groups (broad SMARTS) is 1. The predicted octanol–water partition coefficient (Wildman–Crippen LogP) is 4.08. The number of furan rings is 1. The molecule has 0 aliphatic heterocycles. The summed E-state index contributed by atoms with van der Waals surface area (Å²) in [6.07, 6.45) is -4.66. The Morgan fingerprint density at radius 3 is 2.44 bits per heavy atom. The maximum atomic E-state index is 12.5. The fraction of sp³-hybridized carbons (Fsp3) is 0.333. The molecule has 0 saturated heterocycles. The second kappa shape index (κ2) is 7.73. The van der Waals surface area contributed by atoms with Gasteiger partial charge < -0.3 is 19.6 Å². The predicted molar refractivity (Wildman–Crippen MR) is 89.2 cm³/mol. The number of carbonyl (C=O) groups is 2. The molecule has 2 rings (SSSR count). The van der Waals surface area contributed by atoms with Gasteiger partial charge in [-0.2, -0.15) is 0 Å². The van der Waals surface area contributed by atoms with E-state index in [0.717, 1.165) is 6.07 Å². The highest BCUT2D eigenvalue weighted by molar-refractivity contribution is 5.92. The van der Waals surface area contributed by atoms with Crippen molar-refractivity contribution in [2.24, 2.45) is 5.41 Å². The molecule has 146 valence electrons. The van der Waals surface area contributed by atoms with Crippen molar-refractivity contribution in [3.63, 3.8) is 0 Å². The number of rotatable bonds is 7. The average molecular weight is 385 g/mol. The molecule has 6 nitrogen and oxygen atoms in total. The van der Waals surface area contributed by atoms with Crippen LogP contribution in [0.15, 0.2) is 40.8 Å². The van der Waals surface area contributed by atoms with E-state index in [1.165, 1.54) is 44.2 Å². The zero-order chi connectivity index (χ0) is 20.2. The molecule has 0 spiro atoms. The molecule has 2 N–H and O–H groups in total. The minimum atomic E-state index is -4.86. The van der Waals surface area contributed by atoms with Crippen molar-refractivity contribution >= 4 is 11.9 Å². The van der Waals surface area contributed by atoms with Crippen LogP contribution in [0.5, 0.6) is 5.75 Å². The van der Waals surface area contributed by atoms with Gasteiger partial charge in [-0.05, 0) is 44.5 Å². The molecule has 1 aromatic carbocycles. The lowest BCUT2D eigenvalue weighted by Gasteiger charge is -2.18. The largest absolute Gasteiger partial charge is 0.573 e. The SMILES string of the molecule is CC(C)(CCNC(=O)c1ccc(-c2ccccc2OC(F)(F)F)o1)C(=O)O. The van der Waals surface area contributed by atoms with Crippen LogP contribution in [0.2, 0.25) is 0 Å². The van der Waals surface area contributed by atoms with E-state index in [1.54, 1.807) is 0 Å². The van der Waals surface area contributed by atoms with E-state index in [2.05, 4.69) is 10.1 Å². The summed E-state index contributed by atoms with van der Waals surface area (Å²) in [7, 11) is 0. The van der Waals surface area contributed by atoms with Crippen molar-refractivity contribution in [3.05, 3.63) is 42.2 Å². The number of carbonyl (C=O) groups excluding carboxylic acids is 1. The number of nitrogens with one attached hydrogen (secondary N) is 1. The number of hydrogen-bond donors (Lipinski definition) is 2. The topological polar surface area (TPSA) is 88.8 Å². The van der Waals surface area contributed by atoms with Crippen molar-refractivity contribution in [1.82, 2.24) is 5.32 Å². The first-order chi connectivity index (χ1) is 12.5. The number of hydrogen-bond acceptors (Lipinski definition) is 4. The number of ether oxygens (including phenoxy) is 1. The summed E-state index contributed by atoms with van der Waals surface area (Å²) in [5.41, 5.74) is -0.962. The number of carboxylic acids is 1. The average Bonchev–Trinajstić information content (AvgIpc) is 3.03. The van der Waals surface area contributed by atoms with Crippen LogP contribution in [-0.4, -0.2) is 29.9 Å². The van der Waals surface area contributed by atoms with E-state index in [0.29, 0.717) is 0 Å². The Hall–Kier alpha value is -2.97. The molecule has 0 unspecified atom stereocenters. The van der Waals surface area contributed by atoms with Gasteiger partial charge in [-0.25, -0.2) is 0 Å². The third-order valence-corrected chi connectivity index (χ3v) is 3.82. The van der Waals surface area contributed by atoms with E-state index in [1.807, 2.05) is 0 Å². The third kappa shape index (κ3) is 5.50. The maximum absolute atomic E-state index is 12.5. The lowest BCUT2D eigenvalue weighted by Crippen LogP contribution is -2.31. The molecule has 1 aromatic heterocycles. The van der Waals surface area contributed by atoms with Gasteiger partial charge in [0.05, 0.1) is 11.0 Å². The third-order valence-electron chi connectivity index (χ3n) is 3.82. The molecule has 0 radical (unpaired) electrons. The summed E-state index contributed by atoms with van der Waals surface area (Å²) >= 11 is 0. The lowest BCUT2D eigenvalue weighted by molar-refractivity contribution is -0.274. The van der Waals surface area contributed by atoms with Crippen LogP contribution in [0.3, 0.4) is 0 Å². The molecule has 2 aromatic rings. The number of halogens is 3. The standard InChI is InChI=1S/C18H18F3NO5/c1-17(2,16(24)25)9-10-22-15(23)14-8-7-12(26-14)11-5-3-4-6-13(11)27-18(19,20)21/h3-8H,9-10H2,1-2H3,(H,22,23)(H,24,25). The Balaban J connectivity index is 2.09. The summed E-state index contributed by atoms with van der Waals surface area (Å²) in [6.45, 7) is 3.16. The minimum Gasteiger partial charge on any atom is -0.481 e. The smallest absolute Gasteiger partial charge is 0.481 e. The molecule has 0 aliphatic rings. The van der Waals surface area contributed by atoms with Gasteiger partial charge in [-0.3, -0.25) is 9.59 Å². The number of alkyl halides is 3. The molecule has 9 heteroatoms. The van der Waals surface area contributed by atoms with Gasteiger partial charge in [-0.1, -0.05) is 12.1 Å². The number of para-hydroxylation sites is 1. The molecule has 0 aliphatic carbocycles. The van der Waals surface area contributed by atoms with Gasteiger partial charge >= 0.3 is 12.3 Å². The van der Waals surface area contributed by atoms with E-state index in [4.69, 9.17) is 9.52 Å². The number of benzene rings is 1. The Kier molecular flexibility index (Phi) is 5.82. The molecule has 1 amide bonds. The summed E-state index contributed by atoms with van der Waals surface area (Å²) in [6, 6.07) is 8.07. The first-order valence-electron chi connectivity index (χ1n) is 7.96. The van der Waals surface area contributed by atoms with Gasteiger partial charge in [0.25, 0.3) is 5.91 Å². The van der Waals surface area contributed by atoms with Crippen LogP contribution in [-0.2, 0) is 4.79 Å². The molecule has 1 heterocycles. The second-order valence-electron chi connectivity index (χ2n) is 6.40. The summed E-state index contributed by atoms with van der Waals surface area (Å²) in [5.74, 6) is -2.12.